The molecule has 3 atom stereocenters. The molecule has 1 aromatic carbocycles. The predicted molar refractivity (Wildman–Crippen MR) is 110 cm³/mol. The summed E-state index contributed by atoms with van der Waals surface area (Å²) in [6.07, 6.45) is 0.602. The Morgan fingerprint density at radius 2 is 1.79 bits per heavy atom. The lowest BCUT2D eigenvalue weighted by molar-refractivity contribution is -0.145. The Hall–Kier alpha value is -2.09. The Morgan fingerprint density at radius 3 is 2.31 bits per heavy atom. The molecular weight excluding hydrogens is 442 g/mol. The number of esters is 2. The third kappa shape index (κ3) is 6.19. The van der Waals surface area contributed by atoms with E-state index in [1.807, 2.05) is 24.3 Å². The quantitative estimate of drug-likeness (QED) is 0.477. The Bertz CT molecular complexity index is 743. The van der Waals surface area contributed by atoms with Gasteiger partial charge in [0.15, 0.2) is 0 Å². The first-order valence-corrected chi connectivity index (χ1v) is 10.3. The highest BCUT2D eigenvalue weighted by Crippen LogP contribution is 2.37. The minimum Gasteiger partial charge on any atom is -0.468 e. The highest BCUT2D eigenvalue weighted by atomic mass is 79.9. The third-order valence-corrected chi connectivity index (χ3v) is 5.23. The highest BCUT2D eigenvalue weighted by Gasteiger charge is 2.46. The normalized spacial score (nSPS) is 20.1. The molecule has 29 heavy (non-hydrogen) atoms. The van der Waals surface area contributed by atoms with Gasteiger partial charge in [-0.3, -0.25) is 14.5 Å². The number of carbonyl (C=O) groups excluding carboxylic acids is 3. The SMILES string of the molecule is COC(=O)[C@@H](c1ccc(Br)cc1)[C@H]1CC[C@H](COC(C)=O)N1C(=O)OC(C)(C)C. The Labute approximate surface area is 179 Å². The number of likely N-dealkylation sites (tertiary alicyclic amines) is 1. The highest BCUT2D eigenvalue weighted by molar-refractivity contribution is 9.10. The van der Waals surface area contributed by atoms with Gasteiger partial charge < -0.3 is 14.2 Å². The molecular formula is C21H28BrNO6. The van der Waals surface area contributed by atoms with Gasteiger partial charge in [-0.25, -0.2) is 4.79 Å². The first kappa shape index (κ1) is 23.2. The van der Waals surface area contributed by atoms with E-state index in [-0.39, 0.29) is 12.6 Å². The van der Waals surface area contributed by atoms with Crippen LogP contribution in [-0.2, 0) is 23.8 Å². The number of hydrogen-bond acceptors (Lipinski definition) is 6. The van der Waals surface area contributed by atoms with Crippen molar-refractivity contribution in [2.24, 2.45) is 0 Å². The molecule has 0 bridgehead atoms. The van der Waals surface area contributed by atoms with Crippen LogP contribution in [0.1, 0.15) is 52.0 Å². The van der Waals surface area contributed by atoms with Gasteiger partial charge in [-0.15, -0.1) is 0 Å². The lowest BCUT2D eigenvalue weighted by atomic mass is 9.90. The first-order valence-electron chi connectivity index (χ1n) is 9.51. The predicted octanol–water partition coefficient (Wildman–Crippen LogP) is 4.04. The van der Waals surface area contributed by atoms with E-state index in [1.165, 1.54) is 18.9 Å². The summed E-state index contributed by atoms with van der Waals surface area (Å²) in [6, 6.07) is 6.50. The van der Waals surface area contributed by atoms with Crippen LogP contribution in [0.5, 0.6) is 0 Å². The molecule has 160 valence electrons. The van der Waals surface area contributed by atoms with Gasteiger partial charge in [0.25, 0.3) is 0 Å². The summed E-state index contributed by atoms with van der Waals surface area (Å²) in [7, 11) is 1.33. The Kier molecular flexibility index (Phi) is 7.68. The Balaban J connectivity index is 2.40. The van der Waals surface area contributed by atoms with Gasteiger partial charge >= 0.3 is 18.0 Å². The summed E-state index contributed by atoms with van der Waals surface area (Å²) in [5.74, 6) is -1.53. The maximum absolute atomic E-state index is 13.0. The van der Waals surface area contributed by atoms with E-state index in [4.69, 9.17) is 14.2 Å². The summed E-state index contributed by atoms with van der Waals surface area (Å²) in [5.41, 5.74) is 0.0425. The zero-order valence-corrected chi connectivity index (χ0v) is 19.0. The van der Waals surface area contributed by atoms with Crippen molar-refractivity contribution in [2.75, 3.05) is 13.7 Å². The molecule has 1 saturated heterocycles. The number of nitrogens with zero attached hydrogens (tertiary/aromatic N) is 1. The molecule has 1 fully saturated rings. The molecule has 0 aromatic heterocycles. The van der Waals surface area contributed by atoms with Gasteiger partial charge in [0.05, 0.1) is 19.2 Å². The maximum atomic E-state index is 13.0. The second-order valence-corrected chi connectivity index (χ2v) is 8.96. The van der Waals surface area contributed by atoms with Gasteiger partial charge in [-0.2, -0.15) is 0 Å². The second-order valence-electron chi connectivity index (χ2n) is 8.04. The summed E-state index contributed by atoms with van der Waals surface area (Å²) in [6.45, 7) is 6.72. The van der Waals surface area contributed by atoms with E-state index in [2.05, 4.69) is 15.9 Å². The van der Waals surface area contributed by atoms with Crippen molar-refractivity contribution in [2.45, 2.75) is 64.1 Å². The van der Waals surface area contributed by atoms with Crippen LogP contribution in [0.4, 0.5) is 4.79 Å². The monoisotopic (exact) mass is 469 g/mol. The molecule has 0 unspecified atom stereocenters. The number of halogens is 1. The molecule has 2 rings (SSSR count). The number of amides is 1. The standard InChI is InChI=1S/C21H28BrNO6/c1-13(24)28-12-16-10-11-17(23(16)20(26)29-21(2,3)4)18(19(25)27-5)14-6-8-15(22)9-7-14/h6-9,16-18H,10-12H2,1-5H3/t16-,17-,18+/m1/s1. The van der Waals surface area contributed by atoms with Crippen molar-refractivity contribution in [1.29, 1.82) is 0 Å². The molecule has 7 nitrogen and oxygen atoms in total. The van der Waals surface area contributed by atoms with E-state index in [0.717, 1.165) is 10.0 Å². The number of benzene rings is 1. The average molecular weight is 470 g/mol. The smallest absolute Gasteiger partial charge is 0.410 e. The van der Waals surface area contributed by atoms with Crippen LogP contribution in [0.25, 0.3) is 0 Å². The third-order valence-electron chi connectivity index (χ3n) is 4.70. The molecule has 0 radical (unpaired) electrons. The summed E-state index contributed by atoms with van der Waals surface area (Å²) >= 11 is 3.39. The molecule has 1 aliphatic heterocycles. The Morgan fingerprint density at radius 1 is 1.17 bits per heavy atom. The maximum Gasteiger partial charge on any atom is 0.410 e. The van der Waals surface area contributed by atoms with Crippen LogP contribution in [0.15, 0.2) is 28.7 Å². The van der Waals surface area contributed by atoms with Crippen molar-refractivity contribution < 1.29 is 28.6 Å². The molecule has 0 spiro atoms. The first-order chi connectivity index (χ1) is 13.5. The zero-order chi connectivity index (χ0) is 21.8. The van der Waals surface area contributed by atoms with Crippen molar-refractivity contribution in [3.8, 4) is 0 Å². The molecule has 1 aromatic rings. The van der Waals surface area contributed by atoms with Crippen LogP contribution < -0.4 is 0 Å². The van der Waals surface area contributed by atoms with Gasteiger partial charge in [0.2, 0.25) is 0 Å². The molecule has 0 saturated carbocycles. The minimum absolute atomic E-state index is 0.0549. The van der Waals surface area contributed by atoms with E-state index in [1.54, 1.807) is 20.8 Å². The fraction of sp³-hybridized carbons (Fsp3) is 0.571. The summed E-state index contributed by atoms with van der Waals surface area (Å²) in [5, 5.41) is 0. The van der Waals surface area contributed by atoms with Crippen LogP contribution in [0.2, 0.25) is 0 Å². The van der Waals surface area contributed by atoms with Crippen LogP contribution >= 0.6 is 15.9 Å². The van der Waals surface area contributed by atoms with Gasteiger partial charge in [-0.1, -0.05) is 28.1 Å². The second kappa shape index (κ2) is 9.61. The molecule has 0 aliphatic carbocycles. The summed E-state index contributed by atoms with van der Waals surface area (Å²) in [4.78, 5) is 38.6. The van der Waals surface area contributed by atoms with Gasteiger partial charge in [-0.05, 0) is 51.3 Å². The average Bonchev–Trinajstić information content (AvgIpc) is 3.03. The van der Waals surface area contributed by atoms with Gasteiger partial charge in [0.1, 0.15) is 18.1 Å². The molecule has 1 aliphatic rings. The largest absolute Gasteiger partial charge is 0.468 e. The number of ether oxygens (including phenoxy) is 3. The lowest BCUT2D eigenvalue weighted by Gasteiger charge is -2.35. The van der Waals surface area contributed by atoms with Crippen molar-refractivity contribution in [1.82, 2.24) is 4.90 Å². The lowest BCUT2D eigenvalue weighted by Crippen LogP contribution is -2.49. The molecule has 0 N–H and O–H groups in total. The van der Waals surface area contributed by atoms with Crippen molar-refractivity contribution in [3.05, 3.63) is 34.3 Å². The fourth-order valence-corrected chi connectivity index (χ4v) is 3.79. The van der Waals surface area contributed by atoms with E-state index < -0.39 is 35.6 Å². The number of carbonyl (C=O) groups is 3. The van der Waals surface area contributed by atoms with Gasteiger partial charge in [0, 0.05) is 11.4 Å². The number of methoxy groups -OCH3 is 1. The van der Waals surface area contributed by atoms with E-state index in [0.29, 0.717) is 12.8 Å². The van der Waals surface area contributed by atoms with E-state index in [9.17, 15) is 14.4 Å². The number of hydrogen-bond donors (Lipinski definition) is 0. The van der Waals surface area contributed by atoms with Crippen LogP contribution in [-0.4, -0.2) is 54.3 Å². The number of rotatable bonds is 5. The van der Waals surface area contributed by atoms with Crippen molar-refractivity contribution in [3.63, 3.8) is 0 Å². The van der Waals surface area contributed by atoms with Crippen LogP contribution in [0, 0.1) is 0 Å². The fourth-order valence-electron chi connectivity index (χ4n) is 3.53. The summed E-state index contributed by atoms with van der Waals surface area (Å²) < 4.78 is 16.7. The molecule has 1 amide bonds. The van der Waals surface area contributed by atoms with E-state index >= 15 is 0 Å². The van der Waals surface area contributed by atoms with Crippen LogP contribution in [0.3, 0.4) is 0 Å². The zero-order valence-electron chi connectivity index (χ0n) is 17.4. The molecule has 1 heterocycles. The minimum atomic E-state index is -0.700. The topological polar surface area (TPSA) is 82.1 Å². The van der Waals surface area contributed by atoms with Crippen molar-refractivity contribution >= 4 is 34.0 Å². The molecule has 8 heteroatoms.